The zero-order chi connectivity index (χ0) is 14.3. The molecule has 0 amide bonds. The first kappa shape index (κ1) is 14.7. The molecule has 1 aliphatic rings. The SMILES string of the molecule is c1ccc2c(C3CCCCCCCCCCC3)[nH]cc2c1. The summed E-state index contributed by atoms with van der Waals surface area (Å²) < 4.78 is 0. The molecule has 0 spiro atoms. The topological polar surface area (TPSA) is 15.8 Å². The van der Waals surface area contributed by atoms with Gasteiger partial charge in [0.15, 0.2) is 0 Å². The van der Waals surface area contributed by atoms with Gasteiger partial charge in [-0.2, -0.15) is 0 Å². The minimum absolute atomic E-state index is 0.740. The van der Waals surface area contributed by atoms with Gasteiger partial charge in [0.05, 0.1) is 0 Å². The van der Waals surface area contributed by atoms with Crippen LogP contribution in [-0.2, 0) is 0 Å². The third kappa shape index (κ3) is 3.90. The molecule has 1 aliphatic carbocycles. The Balaban J connectivity index is 1.73. The van der Waals surface area contributed by atoms with Crippen LogP contribution in [-0.4, -0.2) is 4.98 Å². The number of hydrogen-bond donors (Lipinski definition) is 1. The van der Waals surface area contributed by atoms with Gasteiger partial charge >= 0.3 is 0 Å². The van der Waals surface area contributed by atoms with Gasteiger partial charge in [-0.1, -0.05) is 82.1 Å². The molecule has 1 saturated carbocycles. The van der Waals surface area contributed by atoms with E-state index in [9.17, 15) is 0 Å². The molecule has 0 saturated heterocycles. The van der Waals surface area contributed by atoms with Crippen molar-refractivity contribution in [2.24, 2.45) is 0 Å². The van der Waals surface area contributed by atoms with Crippen LogP contribution in [0.25, 0.3) is 10.8 Å². The van der Waals surface area contributed by atoms with Crippen LogP contribution in [0.3, 0.4) is 0 Å². The molecule has 0 radical (unpaired) electrons. The van der Waals surface area contributed by atoms with E-state index in [4.69, 9.17) is 0 Å². The highest BCUT2D eigenvalue weighted by Crippen LogP contribution is 2.33. The molecule has 0 atom stereocenters. The Morgan fingerprint density at radius 1 is 0.714 bits per heavy atom. The van der Waals surface area contributed by atoms with Crippen molar-refractivity contribution in [3.05, 3.63) is 36.2 Å². The fourth-order valence-corrected chi connectivity index (χ4v) is 3.89. The number of aromatic amines is 1. The van der Waals surface area contributed by atoms with Crippen LogP contribution < -0.4 is 0 Å². The van der Waals surface area contributed by atoms with Gasteiger partial charge in [0.2, 0.25) is 0 Å². The fourth-order valence-electron chi connectivity index (χ4n) is 3.89. The summed E-state index contributed by atoms with van der Waals surface area (Å²) in [6.45, 7) is 0. The minimum Gasteiger partial charge on any atom is -0.364 e. The molecule has 1 aromatic heterocycles. The number of nitrogens with one attached hydrogen (secondary N) is 1. The Morgan fingerprint density at radius 2 is 1.29 bits per heavy atom. The Morgan fingerprint density at radius 3 is 1.95 bits per heavy atom. The predicted octanol–water partition coefficient (Wildman–Crippen LogP) is 6.56. The fraction of sp³-hybridized carbons (Fsp3) is 0.600. The molecular formula is C20H29N. The van der Waals surface area contributed by atoms with Gasteiger partial charge in [-0.25, -0.2) is 0 Å². The van der Waals surface area contributed by atoms with Gasteiger partial charge in [-0.3, -0.25) is 0 Å². The average Bonchev–Trinajstić information content (AvgIpc) is 2.92. The van der Waals surface area contributed by atoms with Gasteiger partial charge in [0, 0.05) is 17.3 Å². The molecule has 114 valence electrons. The Kier molecular flexibility index (Phi) is 5.37. The molecule has 0 aliphatic heterocycles. The first-order valence-electron chi connectivity index (χ1n) is 9.01. The highest BCUT2D eigenvalue weighted by Gasteiger charge is 2.16. The van der Waals surface area contributed by atoms with Crippen molar-refractivity contribution in [3.63, 3.8) is 0 Å². The average molecular weight is 283 g/mol. The van der Waals surface area contributed by atoms with E-state index in [-0.39, 0.29) is 0 Å². The summed E-state index contributed by atoms with van der Waals surface area (Å²) in [5.74, 6) is 0.740. The monoisotopic (exact) mass is 283 g/mol. The standard InChI is InChI=1S/C20H29N/c1-2-4-6-8-12-17(13-9-7-5-3-1)20-19-15-11-10-14-18(19)16-21-20/h10-11,14-17,21H,1-9,12-13H2. The van der Waals surface area contributed by atoms with Gasteiger partial charge in [0.25, 0.3) is 0 Å². The Bertz CT molecular complexity index is 528. The molecule has 1 heterocycles. The zero-order valence-corrected chi connectivity index (χ0v) is 13.2. The van der Waals surface area contributed by atoms with E-state index in [0.717, 1.165) is 5.92 Å². The molecule has 3 rings (SSSR count). The smallest absolute Gasteiger partial charge is 0.0258 e. The van der Waals surface area contributed by atoms with Crippen molar-refractivity contribution < 1.29 is 0 Å². The predicted molar refractivity (Wildman–Crippen MR) is 91.8 cm³/mol. The molecule has 1 N–H and O–H groups in total. The van der Waals surface area contributed by atoms with Crippen molar-refractivity contribution in [1.82, 2.24) is 4.98 Å². The number of hydrogen-bond acceptors (Lipinski definition) is 0. The van der Waals surface area contributed by atoms with Crippen LogP contribution in [0.2, 0.25) is 0 Å². The second kappa shape index (κ2) is 7.68. The van der Waals surface area contributed by atoms with E-state index in [0.29, 0.717) is 0 Å². The van der Waals surface area contributed by atoms with Crippen LogP contribution in [0, 0.1) is 0 Å². The molecule has 0 unspecified atom stereocenters. The van der Waals surface area contributed by atoms with Gasteiger partial charge < -0.3 is 4.98 Å². The first-order chi connectivity index (χ1) is 10.4. The molecule has 1 fully saturated rings. The largest absolute Gasteiger partial charge is 0.364 e. The van der Waals surface area contributed by atoms with Crippen LogP contribution in [0.15, 0.2) is 30.5 Å². The van der Waals surface area contributed by atoms with Crippen LogP contribution in [0.1, 0.15) is 82.2 Å². The zero-order valence-electron chi connectivity index (χ0n) is 13.2. The Hall–Kier alpha value is -1.24. The lowest BCUT2D eigenvalue weighted by Crippen LogP contribution is -2.01. The minimum atomic E-state index is 0.740. The second-order valence-electron chi connectivity index (χ2n) is 6.75. The normalized spacial score (nSPS) is 20.0. The lowest BCUT2D eigenvalue weighted by Gasteiger charge is -2.17. The second-order valence-corrected chi connectivity index (χ2v) is 6.75. The van der Waals surface area contributed by atoms with E-state index in [1.165, 1.54) is 87.1 Å². The maximum Gasteiger partial charge on any atom is 0.0258 e. The Labute approximate surface area is 129 Å². The summed E-state index contributed by atoms with van der Waals surface area (Å²) in [5.41, 5.74) is 1.50. The maximum atomic E-state index is 3.60. The van der Waals surface area contributed by atoms with Crippen LogP contribution in [0.5, 0.6) is 0 Å². The number of aromatic nitrogens is 1. The van der Waals surface area contributed by atoms with Gasteiger partial charge in [-0.15, -0.1) is 0 Å². The lowest BCUT2D eigenvalue weighted by molar-refractivity contribution is 0.464. The maximum absolute atomic E-state index is 3.60. The molecule has 21 heavy (non-hydrogen) atoms. The molecule has 0 bridgehead atoms. The number of benzene rings is 1. The number of H-pyrrole nitrogens is 1. The van der Waals surface area contributed by atoms with Crippen molar-refractivity contribution in [1.29, 1.82) is 0 Å². The van der Waals surface area contributed by atoms with Crippen molar-refractivity contribution in [2.75, 3.05) is 0 Å². The lowest BCUT2D eigenvalue weighted by atomic mass is 9.89. The third-order valence-electron chi connectivity index (χ3n) is 5.15. The van der Waals surface area contributed by atoms with E-state index in [1.807, 2.05) is 0 Å². The summed E-state index contributed by atoms with van der Waals surface area (Å²) in [6, 6.07) is 8.83. The van der Waals surface area contributed by atoms with E-state index in [2.05, 4.69) is 35.4 Å². The van der Waals surface area contributed by atoms with Crippen molar-refractivity contribution in [3.8, 4) is 0 Å². The molecule has 2 aromatic rings. The van der Waals surface area contributed by atoms with Crippen molar-refractivity contribution >= 4 is 10.8 Å². The quantitative estimate of drug-likeness (QED) is 0.610. The van der Waals surface area contributed by atoms with Gasteiger partial charge in [-0.05, 0) is 24.1 Å². The summed E-state index contributed by atoms with van der Waals surface area (Å²) in [6.07, 6.45) is 17.8. The summed E-state index contributed by atoms with van der Waals surface area (Å²) >= 11 is 0. The number of rotatable bonds is 1. The molecular weight excluding hydrogens is 254 g/mol. The highest BCUT2D eigenvalue weighted by atomic mass is 14.7. The molecule has 1 nitrogen and oxygen atoms in total. The van der Waals surface area contributed by atoms with E-state index in [1.54, 1.807) is 0 Å². The van der Waals surface area contributed by atoms with Gasteiger partial charge in [0.1, 0.15) is 0 Å². The summed E-state index contributed by atoms with van der Waals surface area (Å²) in [7, 11) is 0. The van der Waals surface area contributed by atoms with Crippen molar-refractivity contribution in [2.45, 2.75) is 76.5 Å². The van der Waals surface area contributed by atoms with E-state index < -0.39 is 0 Å². The summed E-state index contributed by atoms with van der Waals surface area (Å²) in [5, 5.41) is 2.83. The van der Waals surface area contributed by atoms with Crippen LogP contribution >= 0.6 is 0 Å². The third-order valence-corrected chi connectivity index (χ3v) is 5.15. The highest BCUT2D eigenvalue weighted by molar-refractivity contribution is 5.85. The summed E-state index contributed by atoms with van der Waals surface area (Å²) in [4.78, 5) is 3.60. The number of fused-ring (bicyclic) bond motifs is 1. The van der Waals surface area contributed by atoms with Crippen LogP contribution in [0.4, 0.5) is 0 Å². The van der Waals surface area contributed by atoms with E-state index >= 15 is 0 Å². The molecule has 1 aromatic carbocycles. The first-order valence-corrected chi connectivity index (χ1v) is 9.01. The molecule has 1 heteroatoms.